The Balaban J connectivity index is 1.96. The first-order chi connectivity index (χ1) is 13.9. The highest BCUT2D eigenvalue weighted by Gasteiger charge is 2.36. The van der Waals surface area contributed by atoms with Gasteiger partial charge in [0.1, 0.15) is 5.82 Å². The van der Waals surface area contributed by atoms with Crippen LogP contribution in [0.15, 0.2) is 47.3 Å². The van der Waals surface area contributed by atoms with Gasteiger partial charge in [-0.25, -0.2) is 4.98 Å². The van der Waals surface area contributed by atoms with Crippen molar-refractivity contribution in [2.75, 3.05) is 6.54 Å². The summed E-state index contributed by atoms with van der Waals surface area (Å²) >= 11 is 6.14. The molecule has 1 aromatic heterocycles. The zero-order chi connectivity index (χ0) is 20.7. The maximum atomic E-state index is 13.5. The van der Waals surface area contributed by atoms with Gasteiger partial charge < -0.3 is 4.90 Å². The number of amides is 1. The molecule has 0 aliphatic heterocycles. The van der Waals surface area contributed by atoms with E-state index in [9.17, 15) is 9.59 Å². The number of carbonyl (C=O) groups excluding carboxylic acids is 1. The number of carbonyl (C=O) groups is 1. The van der Waals surface area contributed by atoms with Crippen molar-refractivity contribution in [2.45, 2.75) is 39.7 Å². The van der Waals surface area contributed by atoms with Crippen LogP contribution in [0.3, 0.4) is 0 Å². The Morgan fingerprint density at radius 1 is 1.28 bits per heavy atom. The SMILES string of the molecule is CCN(C(=O)C1CC1)C(C)c1nc2ccccc2c(=O)n1-c1ccc(Cl)cc1C. The lowest BCUT2D eigenvalue weighted by atomic mass is 10.1. The normalized spacial score (nSPS) is 14.8. The highest BCUT2D eigenvalue weighted by molar-refractivity contribution is 6.30. The number of rotatable bonds is 5. The number of aromatic nitrogens is 2. The molecule has 2 aromatic carbocycles. The molecule has 1 saturated carbocycles. The summed E-state index contributed by atoms with van der Waals surface area (Å²) in [5.74, 6) is 0.812. The van der Waals surface area contributed by atoms with Gasteiger partial charge >= 0.3 is 0 Å². The van der Waals surface area contributed by atoms with Crippen molar-refractivity contribution >= 4 is 28.4 Å². The Kier molecular flexibility index (Phi) is 5.17. The molecule has 6 heteroatoms. The zero-order valence-electron chi connectivity index (χ0n) is 16.9. The van der Waals surface area contributed by atoms with Crippen molar-refractivity contribution in [1.29, 1.82) is 0 Å². The van der Waals surface area contributed by atoms with Crippen molar-refractivity contribution in [3.8, 4) is 5.69 Å². The second-order valence-corrected chi connectivity index (χ2v) is 8.07. The van der Waals surface area contributed by atoms with Gasteiger partial charge in [0.05, 0.1) is 22.6 Å². The molecule has 0 spiro atoms. The largest absolute Gasteiger partial charge is 0.333 e. The van der Waals surface area contributed by atoms with Crippen LogP contribution in [0.5, 0.6) is 0 Å². The van der Waals surface area contributed by atoms with E-state index in [2.05, 4.69) is 0 Å². The predicted octanol–water partition coefficient (Wildman–Crippen LogP) is 4.67. The minimum absolute atomic E-state index is 0.107. The molecule has 1 atom stereocenters. The van der Waals surface area contributed by atoms with Crippen LogP contribution in [-0.4, -0.2) is 26.9 Å². The van der Waals surface area contributed by atoms with Crippen molar-refractivity contribution in [3.05, 3.63) is 69.2 Å². The lowest BCUT2D eigenvalue weighted by Gasteiger charge is -2.30. The number of benzene rings is 2. The van der Waals surface area contributed by atoms with Gasteiger partial charge in [-0.2, -0.15) is 0 Å². The summed E-state index contributed by atoms with van der Waals surface area (Å²) in [5.41, 5.74) is 2.10. The molecule has 4 rings (SSSR count). The van der Waals surface area contributed by atoms with E-state index in [0.29, 0.717) is 28.3 Å². The maximum Gasteiger partial charge on any atom is 0.266 e. The third-order valence-electron chi connectivity index (χ3n) is 5.59. The number of aryl methyl sites for hydroxylation is 1. The Morgan fingerprint density at radius 3 is 2.66 bits per heavy atom. The first-order valence-electron chi connectivity index (χ1n) is 10.0. The smallest absolute Gasteiger partial charge is 0.266 e. The summed E-state index contributed by atoms with van der Waals surface area (Å²) in [5, 5.41) is 1.16. The molecule has 3 aromatic rings. The fraction of sp³-hybridized carbons (Fsp3) is 0.348. The minimum Gasteiger partial charge on any atom is -0.333 e. The molecule has 1 aliphatic carbocycles. The molecular weight excluding hydrogens is 386 g/mol. The Morgan fingerprint density at radius 2 is 2.00 bits per heavy atom. The van der Waals surface area contributed by atoms with Crippen LogP contribution in [0.1, 0.15) is 44.1 Å². The quantitative estimate of drug-likeness (QED) is 0.615. The molecule has 150 valence electrons. The third-order valence-corrected chi connectivity index (χ3v) is 5.83. The molecule has 1 fully saturated rings. The first-order valence-corrected chi connectivity index (χ1v) is 10.4. The molecule has 29 heavy (non-hydrogen) atoms. The second kappa shape index (κ2) is 7.64. The number of para-hydroxylation sites is 1. The van der Waals surface area contributed by atoms with E-state index in [1.807, 2.05) is 56.0 Å². The van der Waals surface area contributed by atoms with Crippen LogP contribution in [0.25, 0.3) is 16.6 Å². The van der Waals surface area contributed by atoms with E-state index in [0.717, 1.165) is 24.1 Å². The minimum atomic E-state index is -0.333. The molecular formula is C23H24ClN3O2. The molecule has 1 unspecified atom stereocenters. The van der Waals surface area contributed by atoms with Crippen LogP contribution >= 0.6 is 11.6 Å². The molecule has 0 N–H and O–H groups in total. The van der Waals surface area contributed by atoms with Crippen molar-refractivity contribution in [1.82, 2.24) is 14.5 Å². The molecule has 1 aliphatic rings. The lowest BCUT2D eigenvalue weighted by Crippen LogP contribution is -2.38. The van der Waals surface area contributed by atoms with Crippen LogP contribution in [0.2, 0.25) is 5.02 Å². The van der Waals surface area contributed by atoms with Crippen LogP contribution in [0, 0.1) is 12.8 Å². The molecule has 0 saturated heterocycles. The average molecular weight is 410 g/mol. The summed E-state index contributed by atoms with van der Waals surface area (Å²) in [6.07, 6.45) is 1.88. The van der Waals surface area contributed by atoms with Crippen LogP contribution in [-0.2, 0) is 4.79 Å². The van der Waals surface area contributed by atoms with Crippen molar-refractivity contribution in [2.24, 2.45) is 5.92 Å². The van der Waals surface area contributed by atoms with Crippen molar-refractivity contribution < 1.29 is 4.79 Å². The number of hydrogen-bond acceptors (Lipinski definition) is 3. The van der Waals surface area contributed by atoms with Gasteiger partial charge in [-0.3, -0.25) is 14.2 Å². The molecule has 5 nitrogen and oxygen atoms in total. The highest BCUT2D eigenvalue weighted by Crippen LogP contribution is 2.34. The van der Waals surface area contributed by atoms with E-state index in [1.54, 1.807) is 16.7 Å². The van der Waals surface area contributed by atoms with Crippen molar-refractivity contribution in [3.63, 3.8) is 0 Å². The maximum absolute atomic E-state index is 13.5. The van der Waals surface area contributed by atoms with Crippen LogP contribution in [0.4, 0.5) is 0 Å². The first kappa shape index (κ1) is 19.6. The van der Waals surface area contributed by atoms with E-state index in [4.69, 9.17) is 16.6 Å². The second-order valence-electron chi connectivity index (χ2n) is 7.63. The van der Waals surface area contributed by atoms with Gasteiger partial charge in [-0.05, 0) is 69.5 Å². The number of halogens is 1. The monoisotopic (exact) mass is 409 g/mol. The number of fused-ring (bicyclic) bond motifs is 1. The standard InChI is InChI=1S/C23H24ClN3O2/c1-4-26(22(28)16-9-10-16)15(3)21-25-19-8-6-5-7-18(19)23(29)27(21)20-12-11-17(24)13-14(20)2/h5-8,11-13,15-16H,4,9-10H2,1-3H3. The van der Waals surface area contributed by atoms with Gasteiger partial charge in [-0.15, -0.1) is 0 Å². The summed E-state index contributed by atoms with van der Waals surface area (Å²) < 4.78 is 1.64. The zero-order valence-corrected chi connectivity index (χ0v) is 17.6. The Bertz CT molecular complexity index is 1150. The fourth-order valence-corrected chi connectivity index (χ4v) is 4.08. The lowest BCUT2D eigenvalue weighted by molar-refractivity contribution is -0.134. The van der Waals surface area contributed by atoms with E-state index < -0.39 is 0 Å². The third kappa shape index (κ3) is 3.55. The predicted molar refractivity (Wildman–Crippen MR) is 116 cm³/mol. The average Bonchev–Trinajstić information content (AvgIpc) is 3.54. The van der Waals surface area contributed by atoms with Gasteiger partial charge in [0, 0.05) is 17.5 Å². The molecule has 0 radical (unpaired) electrons. The summed E-state index contributed by atoms with van der Waals surface area (Å²) in [7, 11) is 0. The summed E-state index contributed by atoms with van der Waals surface area (Å²) in [6, 6.07) is 12.4. The van der Waals surface area contributed by atoms with Gasteiger partial charge in [0.2, 0.25) is 5.91 Å². The van der Waals surface area contributed by atoms with Gasteiger partial charge in [-0.1, -0.05) is 23.7 Å². The summed E-state index contributed by atoms with van der Waals surface area (Å²) in [4.78, 5) is 33.0. The van der Waals surface area contributed by atoms with E-state index >= 15 is 0 Å². The summed E-state index contributed by atoms with van der Waals surface area (Å²) in [6.45, 7) is 6.40. The topological polar surface area (TPSA) is 55.2 Å². The number of hydrogen-bond donors (Lipinski definition) is 0. The molecule has 1 amide bonds. The Hall–Kier alpha value is -2.66. The Labute approximate surface area is 174 Å². The van der Waals surface area contributed by atoms with Crippen LogP contribution < -0.4 is 5.56 Å². The fourth-order valence-electron chi connectivity index (χ4n) is 3.86. The van der Waals surface area contributed by atoms with Gasteiger partial charge in [0.25, 0.3) is 5.56 Å². The van der Waals surface area contributed by atoms with Gasteiger partial charge in [0.15, 0.2) is 0 Å². The van der Waals surface area contributed by atoms with E-state index in [1.165, 1.54) is 0 Å². The molecule has 1 heterocycles. The molecule has 0 bridgehead atoms. The highest BCUT2D eigenvalue weighted by atomic mass is 35.5. The number of nitrogens with zero attached hydrogens (tertiary/aromatic N) is 3. The van der Waals surface area contributed by atoms with E-state index in [-0.39, 0.29) is 23.4 Å².